The minimum atomic E-state index is -5.46. The number of likely N-dealkylation sites (N-methyl/N-ethyl adjacent to an activating group) is 7. The third kappa shape index (κ3) is 20.2. The lowest BCUT2D eigenvalue weighted by Crippen LogP contribution is -2.71. The van der Waals surface area contributed by atoms with E-state index in [0.29, 0.717) is 44.2 Å². The number of fused-ring (bicyclic) bond motifs is 3. The van der Waals surface area contributed by atoms with E-state index in [4.69, 9.17) is 4.74 Å². The van der Waals surface area contributed by atoms with Crippen LogP contribution in [0.15, 0.2) is 48.6 Å². The number of ether oxygens (including phenoxy) is 1. The van der Waals surface area contributed by atoms with Crippen LogP contribution >= 0.6 is 0 Å². The second-order valence-corrected chi connectivity index (χ2v) is 30.5. The van der Waals surface area contributed by atoms with Gasteiger partial charge in [-0.15, -0.1) is 0 Å². The summed E-state index contributed by atoms with van der Waals surface area (Å²) in [4.78, 5) is 190. The summed E-state index contributed by atoms with van der Waals surface area (Å²) in [5.41, 5.74) is -5.95. The number of halogens is 8. The Bertz CT molecular complexity index is 3670. The van der Waals surface area contributed by atoms with E-state index in [-0.39, 0.29) is 63.8 Å². The zero-order valence-electron chi connectivity index (χ0n) is 64.0. The monoisotopic (exact) mass is 1530 g/mol. The van der Waals surface area contributed by atoms with E-state index < -0.39 is 228 Å². The van der Waals surface area contributed by atoms with Gasteiger partial charge in [-0.3, -0.25) is 57.5 Å². The molecular formula is C75H104F8N12O13. The van der Waals surface area contributed by atoms with E-state index >= 15 is 37.5 Å². The fourth-order valence-corrected chi connectivity index (χ4v) is 15.7. The van der Waals surface area contributed by atoms with Crippen LogP contribution in [0.4, 0.5) is 35.1 Å². The standard InChI is InChI=1S/C75H104F8N12O13/c1-15-43(4)61-69(105)89(10)40-59(98)91(12)53-25-19-18-22-32-94(68(53)104)56(35-44-26-29-47(30-27-44)74(78,79)80)67(103)88(9)39-57(96)84-51(31-28-45-33-49(76)60(50(77)34-45)75(81,82)83)65(101)95-38-48(108-17-3)36-54(95)64(100)86-73(41-72(5,6)42-73)71(107)93(14)62(46-23-20-21-24-46)70(106)92(13)55(66(102)87(7)8)37-58(97)90(11)52(16-2)63(99)85-61/h18-19,26-27,29-30,33-34,43,46,48,51-56,61-62H,15-17,20-25,28,31-32,35-42H2,1-14H3,(H,84,96)(H,85,99)(H,86,100)/b19-18-/t43-,48+,51+,52-,53-,54-,55-,56-,61-,62-/m0/s1. The maximum Gasteiger partial charge on any atom is 0.422 e. The molecule has 25 nitrogen and oxygen atoms in total. The number of amides is 12. The lowest BCUT2D eigenvalue weighted by atomic mass is 9.58. The largest absolute Gasteiger partial charge is 0.422 e. The summed E-state index contributed by atoms with van der Waals surface area (Å²) in [7, 11) is 10.6. The quantitative estimate of drug-likeness (QED) is 0.169. The third-order valence-electron chi connectivity index (χ3n) is 21.8. The van der Waals surface area contributed by atoms with Crippen LogP contribution in [0.2, 0.25) is 0 Å². The van der Waals surface area contributed by atoms with Gasteiger partial charge in [-0.05, 0) is 117 Å². The molecule has 3 aliphatic heterocycles. The zero-order chi connectivity index (χ0) is 80.6. The topological polar surface area (TPSA) is 279 Å². The Morgan fingerprint density at radius 2 is 1.29 bits per heavy atom. The van der Waals surface area contributed by atoms with E-state index in [2.05, 4.69) is 16.0 Å². The highest BCUT2D eigenvalue weighted by Crippen LogP contribution is 2.50. The predicted octanol–water partition coefficient (Wildman–Crippen LogP) is 5.74. The van der Waals surface area contributed by atoms with Gasteiger partial charge in [0.05, 0.1) is 31.2 Å². The second kappa shape index (κ2) is 35.7. The van der Waals surface area contributed by atoms with Crippen molar-refractivity contribution in [1.82, 2.24) is 60.0 Å². The minimum Gasteiger partial charge on any atom is -0.377 e. The predicted molar refractivity (Wildman–Crippen MR) is 379 cm³/mol. The maximum atomic E-state index is 15.7. The van der Waals surface area contributed by atoms with Crippen LogP contribution in [-0.2, 0) is 87.5 Å². The Morgan fingerprint density at radius 3 is 1.84 bits per heavy atom. The van der Waals surface area contributed by atoms with Crippen molar-refractivity contribution in [3.8, 4) is 0 Å². The lowest BCUT2D eigenvalue weighted by Gasteiger charge is -2.54. The van der Waals surface area contributed by atoms with Crippen molar-refractivity contribution in [3.05, 3.63) is 82.4 Å². The summed E-state index contributed by atoms with van der Waals surface area (Å²) in [5, 5.41) is 8.27. The molecule has 2 aromatic carbocycles. The fraction of sp³-hybridized carbons (Fsp3) is 0.653. The van der Waals surface area contributed by atoms with Crippen LogP contribution in [0, 0.1) is 28.9 Å². The Hall–Kier alpha value is -8.78. The number of carbonyl (C=O) groups is 12. The van der Waals surface area contributed by atoms with Crippen LogP contribution in [0.1, 0.15) is 147 Å². The van der Waals surface area contributed by atoms with Crippen LogP contribution in [0.3, 0.4) is 0 Å². The number of benzene rings is 2. The molecule has 2 saturated heterocycles. The molecule has 0 unspecified atom stereocenters. The van der Waals surface area contributed by atoms with Gasteiger partial charge >= 0.3 is 12.4 Å². The number of hydrogen-bond acceptors (Lipinski definition) is 13. The molecule has 0 radical (unpaired) electrons. The van der Waals surface area contributed by atoms with E-state index in [0.717, 1.165) is 65.6 Å². The van der Waals surface area contributed by atoms with Gasteiger partial charge in [0.1, 0.15) is 71.1 Å². The van der Waals surface area contributed by atoms with Crippen LogP contribution in [0.5, 0.6) is 0 Å². The normalized spacial score (nSPS) is 26.5. The van der Waals surface area contributed by atoms with Crippen molar-refractivity contribution < 1.29 is 97.4 Å². The lowest BCUT2D eigenvalue weighted by molar-refractivity contribution is -0.161. The van der Waals surface area contributed by atoms with Gasteiger partial charge in [0.2, 0.25) is 70.9 Å². The molecule has 2 aliphatic carbocycles. The second-order valence-electron chi connectivity index (χ2n) is 30.5. The molecule has 12 amide bonds. The molecule has 598 valence electrons. The van der Waals surface area contributed by atoms with Crippen molar-refractivity contribution in [3.63, 3.8) is 0 Å². The van der Waals surface area contributed by atoms with E-state index in [9.17, 15) is 55.1 Å². The molecule has 10 atom stereocenters. The van der Waals surface area contributed by atoms with Gasteiger partial charge < -0.3 is 64.8 Å². The molecule has 2 saturated carbocycles. The Labute approximate surface area is 625 Å². The summed E-state index contributed by atoms with van der Waals surface area (Å²) in [6.45, 7) is 8.17. The van der Waals surface area contributed by atoms with Crippen LogP contribution < -0.4 is 16.0 Å². The summed E-state index contributed by atoms with van der Waals surface area (Å²) in [6.07, 6.45) is -8.07. The molecule has 33 heteroatoms. The number of alkyl halides is 6. The molecular weight excluding hydrogens is 1430 g/mol. The molecule has 1 spiro atoms. The fourth-order valence-electron chi connectivity index (χ4n) is 15.7. The molecule has 4 fully saturated rings. The zero-order valence-corrected chi connectivity index (χ0v) is 64.0. The highest BCUT2D eigenvalue weighted by atomic mass is 19.4. The first-order chi connectivity index (χ1) is 50.4. The van der Waals surface area contributed by atoms with Crippen molar-refractivity contribution >= 4 is 70.9 Å². The summed E-state index contributed by atoms with van der Waals surface area (Å²) >= 11 is 0. The molecule has 7 rings (SSSR count). The highest BCUT2D eigenvalue weighted by molar-refractivity contribution is 6.01. The first kappa shape index (κ1) is 86.5. The first-order valence-corrected chi connectivity index (χ1v) is 36.7. The van der Waals surface area contributed by atoms with Gasteiger partial charge in [-0.1, -0.05) is 78.2 Å². The average molecular weight is 1530 g/mol. The summed E-state index contributed by atoms with van der Waals surface area (Å²) < 4.78 is 120. The van der Waals surface area contributed by atoms with Gasteiger partial charge in [-0.25, -0.2) is 8.78 Å². The van der Waals surface area contributed by atoms with Gasteiger partial charge in [0.25, 0.3) is 0 Å². The van der Waals surface area contributed by atoms with Crippen molar-refractivity contribution in [2.45, 2.75) is 210 Å². The Balaban J connectivity index is 1.36. The van der Waals surface area contributed by atoms with E-state index in [1.54, 1.807) is 39.8 Å². The molecule has 5 aliphatic rings. The number of carbonyl (C=O) groups excluding carboxylic acids is 12. The molecule has 2 aromatic rings. The number of hydrogen-bond donors (Lipinski definition) is 3. The van der Waals surface area contributed by atoms with Gasteiger partial charge in [0, 0.05) is 88.9 Å². The molecule has 108 heavy (non-hydrogen) atoms. The Morgan fingerprint density at radius 1 is 0.676 bits per heavy atom. The number of aryl methyl sites for hydroxylation is 1. The van der Waals surface area contributed by atoms with E-state index in [1.807, 2.05) is 13.8 Å². The van der Waals surface area contributed by atoms with Crippen LogP contribution in [-0.4, -0.2) is 264 Å². The Kier molecular flexibility index (Phi) is 28.6. The number of nitrogens with one attached hydrogen (secondary N) is 3. The first-order valence-electron chi connectivity index (χ1n) is 36.7. The van der Waals surface area contributed by atoms with Crippen molar-refractivity contribution in [2.75, 3.05) is 89.2 Å². The smallest absolute Gasteiger partial charge is 0.377 e. The third-order valence-corrected chi connectivity index (χ3v) is 21.8. The molecule has 3 heterocycles. The molecule has 0 aromatic heterocycles. The van der Waals surface area contributed by atoms with Gasteiger partial charge in [0.15, 0.2) is 0 Å². The highest BCUT2D eigenvalue weighted by Gasteiger charge is 2.59. The maximum absolute atomic E-state index is 15.7. The van der Waals surface area contributed by atoms with Crippen LogP contribution in [0.25, 0.3) is 0 Å². The molecule has 3 N–H and O–H groups in total. The number of nitrogens with zero attached hydrogens (tertiary/aromatic N) is 9. The SMILES string of the molecule is CCO[C@@H]1C[C@H]2C(=O)NC3(CC(C)(C)C3)C(=O)N(C)[C@@H](C3CCCC3)C(=O)N(C)[C@H](C(=O)N(C)C)CC(=O)N(C)[C@@H](CC)C(=O)N[C@@H]([C@@H](C)CC)C(=O)N(C)CC(=O)N(C)[C@H]3C/C=C\CCN(C3=O)[C@@H](Cc3ccc(C(F)(F)F)cc3)C(=O)N(C)CC(=O)N[C@H](CCc3cc(F)c(C(F)(F)F)c(F)c3)C(=O)N2C1. The van der Waals surface area contributed by atoms with Crippen molar-refractivity contribution in [2.24, 2.45) is 17.3 Å². The minimum absolute atomic E-state index is 0.0137. The summed E-state index contributed by atoms with van der Waals surface area (Å²) in [5.74, 6) is -15.2. The van der Waals surface area contributed by atoms with Crippen molar-refractivity contribution in [1.29, 1.82) is 0 Å². The number of rotatable bonds is 12. The van der Waals surface area contributed by atoms with E-state index in [1.165, 1.54) is 59.1 Å². The average Bonchev–Trinajstić information content (AvgIpc) is 0.874. The molecule has 2 bridgehead atoms. The summed E-state index contributed by atoms with van der Waals surface area (Å²) in [6, 6.07) is -7.36. The van der Waals surface area contributed by atoms with Gasteiger partial charge in [-0.2, -0.15) is 26.3 Å².